The molecule has 0 radical (unpaired) electrons. The Kier molecular flexibility index (Phi) is 5.19. The highest BCUT2D eigenvalue weighted by atomic mass is 16.3. The molecule has 2 aromatic rings. The van der Waals surface area contributed by atoms with Gasteiger partial charge in [0.15, 0.2) is 5.82 Å². The Morgan fingerprint density at radius 2 is 1.66 bits per heavy atom. The summed E-state index contributed by atoms with van der Waals surface area (Å²) in [4.78, 5) is 20.9. The van der Waals surface area contributed by atoms with E-state index in [0.717, 1.165) is 57.6 Å². The molecule has 2 saturated heterocycles. The first-order valence-electron chi connectivity index (χ1n) is 10.7. The number of aromatic nitrogens is 5. The summed E-state index contributed by atoms with van der Waals surface area (Å²) in [5.41, 5.74) is 1.18. The van der Waals surface area contributed by atoms with Crippen LogP contribution in [0.4, 0.5) is 23.7 Å². The molecule has 0 unspecified atom stereocenters. The average molecular weight is 400 g/mol. The summed E-state index contributed by atoms with van der Waals surface area (Å²) < 4.78 is 0. The van der Waals surface area contributed by atoms with Crippen LogP contribution in [0.1, 0.15) is 37.3 Å². The van der Waals surface area contributed by atoms with Gasteiger partial charge in [0, 0.05) is 63.5 Å². The summed E-state index contributed by atoms with van der Waals surface area (Å²) in [6.45, 7) is 6.39. The van der Waals surface area contributed by atoms with Crippen molar-refractivity contribution in [3.63, 3.8) is 0 Å². The van der Waals surface area contributed by atoms with Gasteiger partial charge >= 0.3 is 0 Å². The zero-order chi connectivity index (χ0) is 19.6. The molecule has 0 spiro atoms. The molecule has 3 aliphatic rings. The van der Waals surface area contributed by atoms with E-state index in [1.807, 2.05) is 0 Å². The van der Waals surface area contributed by atoms with E-state index in [-0.39, 0.29) is 6.61 Å². The predicted octanol–water partition coefficient (Wildman–Crippen LogP) is 0.930. The van der Waals surface area contributed by atoms with E-state index in [9.17, 15) is 0 Å². The fraction of sp³-hybridized carbons (Fsp3) is 0.684. The fourth-order valence-corrected chi connectivity index (χ4v) is 4.04. The highest BCUT2D eigenvalue weighted by molar-refractivity contribution is 5.53. The normalized spacial score (nSPS) is 20.4. The Hall–Kier alpha value is -2.46. The van der Waals surface area contributed by atoms with Crippen LogP contribution in [0.15, 0.2) is 6.07 Å². The van der Waals surface area contributed by atoms with E-state index >= 15 is 0 Å². The molecule has 1 saturated carbocycles. The third kappa shape index (κ3) is 4.27. The van der Waals surface area contributed by atoms with Gasteiger partial charge in [-0.2, -0.15) is 20.1 Å². The van der Waals surface area contributed by atoms with Crippen LogP contribution in [-0.4, -0.2) is 87.6 Å². The molecule has 0 aromatic carbocycles. The summed E-state index contributed by atoms with van der Waals surface area (Å²) in [5.74, 6) is 3.38. The van der Waals surface area contributed by atoms with Gasteiger partial charge in [-0.1, -0.05) is 0 Å². The van der Waals surface area contributed by atoms with Gasteiger partial charge in [-0.05, 0) is 25.7 Å². The van der Waals surface area contributed by atoms with E-state index in [4.69, 9.17) is 15.1 Å². The predicted molar refractivity (Wildman–Crippen MR) is 111 cm³/mol. The number of aliphatic hydroxyl groups is 1. The van der Waals surface area contributed by atoms with Gasteiger partial charge < -0.3 is 20.2 Å². The highest BCUT2D eigenvalue weighted by Crippen LogP contribution is 2.39. The molecular formula is C19H29N9O. The molecule has 2 aromatic heterocycles. The molecule has 3 N–H and O–H groups in total. The lowest BCUT2D eigenvalue weighted by molar-refractivity contribution is 0.188. The third-order valence-corrected chi connectivity index (χ3v) is 5.93. The number of aromatic amines is 1. The molecule has 0 bridgehead atoms. The van der Waals surface area contributed by atoms with Gasteiger partial charge in [-0.25, -0.2) is 0 Å². The monoisotopic (exact) mass is 399 g/mol. The quantitative estimate of drug-likeness (QED) is 0.626. The van der Waals surface area contributed by atoms with E-state index in [1.54, 1.807) is 0 Å². The Morgan fingerprint density at radius 3 is 2.31 bits per heavy atom. The van der Waals surface area contributed by atoms with Gasteiger partial charge in [0.1, 0.15) is 0 Å². The Bertz CT molecular complexity index is 823. The van der Waals surface area contributed by atoms with Gasteiger partial charge in [-0.15, -0.1) is 0 Å². The lowest BCUT2D eigenvalue weighted by Crippen LogP contribution is -2.47. The smallest absolute Gasteiger partial charge is 0.235 e. The maximum Gasteiger partial charge on any atom is 0.235 e. The Morgan fingerprint density at radius 1 is 0.966 bits per heavy atom. The van der Waals surface area contributed by atoms with Crippen LogP contribution in [-0.2, 0) is 0 Å². The molecule has 4 heterocycles. The van der Waals surface area contributed by atoms with Crippen LogP contribution in [0.5, 0.6) is 0 Å². The first-order valence-corrected chi connectivity index (χ1v) is 10.7. The second-order valence-corrected chi connectivity index (χ2v) is 8.11. The van der Waals surface area contributed by atoms with Crippen LogP contribution in [0.2, 0.25) is 0 Å². The van der Waals surface area contributed by atoms with Crippen molar-refractivity contribution < 1.29 is 5.11 Å². The number of nitrogens with one attached hydrogen (secondary N) is 2. The standard InChI is InChI=1S/C19H29N9O/c29-12-11-26-7-9-28(10-8-26)19-22-17(21-18(23-19)27-5-1-2-6-27)20-16-13-15(24-25-16)14-3-4-14/h13-14,29H,1-12H2,(H2,20,21,22,23,24,25). The number of piperazine rings is 1. The topological polar surface area (TPSA) is 109 Å². The highest BCUT2D eigenvalue weighted by Gasteiger charge is 2.26. The fourth-order valence-electron chi connectivity index (χ4n) is 4.04. The van der Waals surface area contributed by atoms with Gasteiger partial charge in [-0.3, -0.25) is 10.00 Å². The number of rotatable bonds is 7. The maximum absolute atomic E-state index is 9.16. The number of nitrogens with zero attached hydrogens (tertiary/aromatic N) is 7. The van der Waals surface area contributed by atoms with Crippen LogP contribution in [0.25, 0.3) is 0 Å². The number of aliphatic hydroxyl groups excluding tert-OH is 1. The molecule has 156 valence electrons. The van der Waals surface area contributed by atoms with Crippen molar-refractivity contribution in [2.24, 2.45) is 0 Å². The number of anilines is 4. The van der Waals surface area contributed by atoms with Crippen molar-refractivity contribution in [2.75, 3.05) is 67.5 Å². The van der Waals surface area contributed by atoms with E-state index in [2.05, 4.69) is 41.3 Å². The van der Waals surface area contributed by atoms with Gasteiger partial charge in [0.25, 0.3) is 0 Å². The zero-order valence-corrected chi connectivity index (χ0v) is 16.7. The summed E-state index contributed by atoms with van der Waals surface area (Å²) in [7, 11) is 0. The van der Waals surface area contributed by atoms with Crippen molar-refractivity contribution >= 4 is 23.7 Å². The summed E-state index contributed by atoms with van der Waals surface area (Å²) in [6, 6.07) is 2.06. The molecule has 0 atom stereocenters. The van der Waals surface area contributed by atoms with Crippen LogP contribution < -0.4 is 15.1 Å². The Balaban J connectivity index is 1.36. The number of hydrogen-bond donors (Lipinski definition) is 3. The lowest BCUT2D eigenvalue weighted by Gasteiger charge is -2.34. The second-order valence-electron chi connectivity index (χ2n) is 8.11. The molecule has 0 amide bonds. The van der Waals surface area contributed by atoms with Crippen LogP contribution in [0.3, 0.4) is 0 Å². The van der Waals surface area contributed by atoms with Crippen molar-refractivity contribution in [1.82, 2.24) is 30.0 Å². The van der Waals surface area contributed by atoms with Crippen molar-refractivity contribution in [2.45, 2.75) is 31.6 Å². The lowest BCUT2D eigenvalue weighted by atomic mass is 10.3. The number of hydrogen-bond acceptors (Lipinski definition) is 9. The number of β-amino-alcohol motifs (C(OH)–C–C–N with tert-alkyl or cyclic N) is 1. The summed E-state index contributed by atoms with van der Waals surface area (Å²) in [5, 5.41) is 19.9. The van der Waals surface area contributed by atoms with Crippen molar-refractivity contribution in [3.8, 4) is 0 Å². The first kappa shape index (κ1) is 18.6. The van der Waals surface area contributed by atoms with Crippen LogP contribution in [0, 0.1) is 0 Å². The van der Waals surface area contributed by atoms with E-state index in [0.29, 0.717) is 17.8 Å². The molecule has 10 heteroatoms. The zero-order valence-electron chi connectivity index (χ0n) is 16.7. The Labute approximate surface area is 170 Å². The minimum Gasteiger partial charge on any atom is -0.395 e. The molecule has 29 heavy (non-hydrogen) atoms. The molecule has 5 rings (SSSR count). The van der Waals surface area contributed by atoms with Crippen molar-refractivity contribution in [1.29, 1.82) is 0 Å². The molecule has 1 aliphatic carbocycles. The minimum absolute atomic E-state index is 0.200. The molecule has 10 nitrogen and oxygen atoms in total. The van der Waals surface area contributed by atoms with E-state index < -0.39 is 0 Å². The van der Waals surface area contributed by atoms with Gasteiger partial charge in [0.2, 0.25) is 17.8 Å². The maximum atomic E-state index is 9.16. The molecule has 2 aliphatic heterocycles. The summed E-state index contributed by atoms with van der Waals surface area (Å²) >= 11 is 0. The van der Waals surface area contributed by atoms with Gasteiger partial charge in [0.05, 0.1) is 6.61 Å². The first-order chi connectivity index (χ1) is 14.3. The summed E-state index contributed by atoms with van der Waals surface area (Å²) in [6.07, 6.45) is 4.82. The average Bonchev–Trinajstić information content (AvgIpc) is 3.24. The number of H-pyrrole nitrogens is 1. The molecule has 3 fully saturated rings. The minimum atomic E-state index is 0.200. The SMILES string of the molecule is OCCN1CCN(c2nc(Nc3cc(C4CC4)[nH]n3)nc(N3CCCC3)n2)CC1. The third-order valence-electron chi connectivity index (χ3n) is 5.93. The van der Waals surface area contributed by atoms with Crippen molar-refractivity contribution in [3.05, 3.63) is 11.8 Å². The second kappa shape index (κ2) is 8.11. The largest absolute Gasteiger partial charge is 0.395 e. The van der Waals surface area contributed by atoms with E-state index in [1.165, 1.54) is 31.4 Å². The molecular weight excluding hydrogens is 370 g/mol. The van der Waals surface area contributed by atoms with Crippen LogP contribution >= 0.6 is 0 Å².